The molecule has 0 aliphatic carbocycles. The summed E-state index contributed by atoms with van der Waals surface area (Å²) in [6.45, 7) is 8.30. The van der Waals surface area contributed by atoms with E-state index in [1.54, 1.807) is 16.8 Å². The predicted octanol–water partition coefficient (Wildman–Crippen LogP) is 5.98. The van der Waals surface area contributed by atoms with Gasteiger partial charge in [-0.1, -0.05) is 57.4 Å². The highest BCUT2D eigenvalue weighted by molar-refractivity contribution is 5.84. The van der Waals surface area contributed by atoms with Crippen molar-refractivity contribution in [2.24, 2.45) is 0 Å². The van der Waals surface area contributed by atoms with E-state index < -0.39 is 0 Å². The van der Waals surface area contributed by atoms with Crippen molar-refractivity contribution in [3.05, 3.63) is 35.4 Å². The number of benzene rings is 1. The van der Waals surface area contributed by atoms with Crippen LogP contribution in [0.15, 0.2) is 24.3 Å². The highest BCUT2D eigenvalue weighted by Gasteiger charge is 2.37. The molecule has 1 atom stereocenters. The van der Waals surface area contributed by atoms with Crippen LogP contribution in [0.2, 0.25) is 0 Å². The summed E-state index contributed by atoms with van der Waals surface area (Å²) in [5, 5.41) is 0. The van der Waals surface area contributed by atoms with E-state index in [-0.39, 0.29) is 5.54 Å². The standard InChI is InChI=1S/C21H31N/c1-4-6-10-18-16-21(3,14-7-5-2)22-15-9-12-17-11-8-13-19(18)20(17)22/h8,11,13,16H,4-7,9-10,12,14-15H2,1-3H3. The topological polar surface area (TPSA) is 3.24 Å². The van der Waals surface area contributed by atoms with Gasteiger partial charge >= 0.3 is 0 Å². The molecule has 1 unspecified atom stereocenters. The van der Waals surface area contributed by atoms with Crippen molar-refractivity contribution in [2.45, 2.75) is 77.7 Å². The normalized spacial score (nSPS) is 23.2. The lowest BCUT2D eigenvalue weighted by Crippen LogP contribution is -2.50. The van der Waals surface area contributed by atoms with Crippen LogP contribution in [0.25, 0.3) is 5.57 Å². The lowest BCUT2D eigenvalue weighted by molar-refractivity contribution is 0.439. The molecule has 3 rings (SSSR count). The van der Waals surface area contributed by atoms with Crippen LogP contribution >= 0.6 is 0 Å². The van der Waals surface area contributed by atoms with Crippen LogP contribution in [0, 0.1) is 0 Å². The maximum Gasteiger partial charge on any atom is 0.0562 e. The van der Waals surface area contributed by atoms with E-state index in [1.807, 2.05) is 0 Å². The molecule has 22 heavy (non-hydrogen) atoms. The van der Waals surface area contributed by atoms with Gasteiger partial charge in [-0.25, -0.2) is 0 Å². The molecule has 0 N–H and O–H groups in total. The van der Waals surface area contributed by atoms with Gasteiger partial charge in [-0.05, 0) is 50.2 Å². The second kappa shape index (κ2) is 6.48. The number of hydrogen-bond donors (Lipinski definition) is 0. The first-order valence-corrected chi connectivity index (χ1v) is 9.31. The van der Waals surface area contributed by atoms with Crippen LogP contribution in [0.4, 0.5) is 5.69 Å². The van der Waals surface area contributed by atoms with Gasteiger partial charge in [0.25, 0.3) is 0 Å². The van der Waals surface area contributed by atoms with Crippen molar-refractivity contribution >= 4 is 11.3 Å². The lowest BCUT2D eigenvalue weighted by Gasteiger charge is -2.49. The SMILES string of the molecule is CCCCC1=CC(C)(CCCC)N2CCCc3cccc1c32. The van der Waals surface area contributed by atoms with Gasteiger partial charge in [-0.15, -0.1) is 0 Å². The number of anilines is 1. The van der Waals surface area contributed by atoms with Crippen molar-refractivity contribution in [3.8, 4) is 0 Å². The quantitative estimate of drug-likeness (QED) is 0.624. The van der Waals surface area contributed by atoms with Gasteiger partial charge in [0.05, 0.1) is 5.54 Å². The van der Waals surface area contributed by atoms with Gasteiger partial charge < -0.3 is 4.90 Å². The minimum Gasteiger partial charge on any atom is -0.362 e. The summed E-state index contributed by atoms with van der Waals surface area (Å²) in [5.74, 6) is 0. The smallest absolute Gasteiger partial charge is 0.0562 e. The van der Waals surface area contributed by atoms with Gasteiger partial charge in [0, 0.05) is 17.8 Å². The van der Waals surface area contributed by atoms with Crippen LogP contribution < -0.4 is 4.90 Å². The Hall–Kier alpha value is -1.24. The Kier molecular flexibility index (Phi) is 4.61. The lowest BCUT2D eigenvalue weighted by atomic mass is 9.79. The van der Waals surface area contributed by atoms with Crippen LogP contribution in [0.1, 0.15) is 76.8 Å². The fourth-order valence-electron chi connectivity index (χ4n) is 4.27. The summed E-state index contributed by atoms with van der Waals surface area (Å²) in [4.78, 5) is 2.73. The molecule has 1 nitrogen and oxygen atoms in total. The average molecular weight is 297 g/mol. The summed E-state index contributed by atoms with van der Waals surface area (Å²) >= 11 is 0. The van der Waals surface area contributed by atoms with Gasteiger partial charge in [0.2, 0.25) is 0 Å². The Morgan fingerprint density at radius 1 is 1.14 bits per heavy atom. The van der Waals surface area contributed by atoms with Crippen molar-refractivity contribution in [1.82, 2.24) is 0 Å². The summed E-state index contributed by atoms with van der Waals surface area (Å²) in [6.07, 6.45) is 12.9. The molecule has 2 heterocycles. The van der Waals surface area contributed by atoms with Crippen molar-refractivity contribution in [3.63, 3.8) is 0 Å². The molecule has 1 aromatic carbocycles. The highest BCUT2D eigenvalue weighted by atomic mass is 15.2. The molecule has 0 saturated carbocycles. The fraction of sp³-hybridized carbons (Fsp3) is 0.619. The highest BCUT2D eigenvalue weighted by Crippen LogP contribution is 2.46. The monoisotopic (exact) mass is 297 g/mol. The Balaban J connectivity index is 2.05. The molecular weight excluding hydrogens is 266 g/mol. The summed E-state index contributed by atoms with van der Waals surface area (Å²) < 4.78 is 0. The van der Waals surface area contributed by atoms with E-state index in [9.17, 15) is 0 Å². The zero-order valence-corrected chi connectivity index (χ0v) is 14.6. The van der Waals surface area contributed by atoms with Gasteiger partial charge in [0.15, 0.2) is 0 Å². The molecule has 0 fully saturated rings. The van der Waals surface area contributed by atoms with Gasteiger partial charge in [-0.2, -0.15) is 0 Å². The van der Waals surface area contributed by atoms with Crippen molar-refractivity contribution in [1.29, 1.82) is 0 Å². The molecular formula is C21H31N. The second-order valence-electron chi connectivity index (χ2n) is 7.30. The molecule has 0 amide bonds. The number of aryl methyl sites for hydroxylation is 1. The fourth-order valence-corrected chi connectivity index (χ4v) is 4.27. The van der Waals surface area contributed by atoms with Crippen molar-refractivity contribution < 1.29 is 0 Å². The Bertz CT molecular complexity index is 557. The van der Waals surface area contributed by atoms with E-state index in [2.05, 4.69) is 49.9 Å². The largest absolute Gasteiger partial charge is 0.362 e. The number of allylic oxidation sites excluding steroid dienone is 1. The number of unbranched alkanes of at least 4 members (excludes halogenated alkanes) is 2. The number of para-hydroxylation sites is 1. The molecule has 0 radical (unpaired) electrons. The molecule has 1 heteroatoms. The molecule has 2 aliphatic rings. The molecule has 0 saturated heterocycles. The van der Waals surface area contributed by atoms with Crippen LogP contribution in [0.5, 0.6) is 0 Å². The number of hydrogen-bond acceptors (Lipinski definition) is 1. The first-order valence-electron chi connectivity index (χ1n) is 9.31. The zero-order chi connectivity index (χ0) is 15.6. The third-order valence-electron chi connectivity index (χ3n) is 5.50. The van der Waals surface area contributed by atoms with Crippen LogP contribution in [0.3, 0.4) is 0 Å². The maximum atomic E-state index is 2.73. The van der Waals surface area contributed by atoms with E-state index >= 15 is 0 Å². The Morgan fingerprint density at radius 2 is 1.95 bits per heavy atom. The van der Waals surface area contributed by atoms with Gasteiger partial charge in [-0.3, -0.25) is 0 Å². The molecule has 0 aromatic heterocycles. The van der Waals surface area contributed by atoms with Gasteiger partial charge in [0.1, 0.15) is 0 Å². The van der Waals surface area contributed by atoms with E-state index in [0.717, 1.165) is 0 Å². The Morgan fingerprint density at radius 3 is 2.73 bits per heavy atom. The van der Waals surface area contributed by atoms with E-state index in [0.29, 0.717) is 0 Å². The minimum atomic E-state index is 0.225. The summed E-state index contributed by atoms with van der Waals surface area (Å²) in [6, 6.07) is 6.98. The third-order valence-corrected chi connectivity index (χ3v) is 5.50. The maximum absolute atomic E-state index is 2.73. The first kappa shape index (κ1) is 15.6. The second-order valence-corrected chi connectivity index (χ2v) is 7.30. The summed E-state index contributed by atoms with van der Waals surface area (Å²) in [5.41, 5.74) is 6.51. The Labute approximate surface area is 136 Å². The van der Waals surface area contributed by atoms with E-state index in [4.69, 9.17) is 0 Å². The number of rotatable bonds is 6. The molecule has 0 bridgehead atoms. The molecule has 0 spiro atoms. The molecule has 2 aliphatic heterocycles. The first-order chi connectivity index (χ1) is 10.7. The molecule has 120 valence electrons. The zero-order valence-electron chi connectivity index (χ0n) is 14.6. The summed E-state index contributed by atoms with van der Waals surface area (Å²) in [7, 11) is 0. The van der Waals surface area contributed by atoms with Crippen molar-refractivity contribution in [2.75, 3.05) is 11.4 Å². The van der Waals surface area contributed by atoms with E-state index in [1.165, 1.54) is 63.5 Å². The molecule has 1 aromatic rings. The number of nitrogens with zero attached hydrogens (tertiary/aromatic N) is 1. The minimum absolute atomic E-state index is 0.225. The van der Waals surface area contributed by atoms with Crippen LogP contribution in [-0.2, 0) is 6.42 Å². The average Bonchev–Trinajstić information content (AvgIpc) is 2.55. The predicted molar refractivity (Wildman–Crippen MR) is 97.5 cm³/mol. The third kappa shape index (κ3) is 2.71. The van der Waals surface area contributed by atoms with Crippen LogP contribution in [-0.4, -0.2) is 12.1 Å².